The molecule has 0 aromatic rings. The molecule has 0 radical (unpaired) electrons. The second-order valence-electron chi connectivity index (χ2n) is 3.77. The average molecular weight is 230 g/mol. The van der Waals surface area contributed by atoms with Gasteiger partial charge in [0.1, 0.15) is 0 Å². The van der Waals surface area contributed by atoms with Crippen LogP contribution in [-0.4, -0.2) is 23.6 Å². The topological polar surface area (TPSA) is 36.1 Å². The van der Waals surface area contributed by atoms with Crippen LogP contribution in [0.15, 0.2) is 0 Å². The fraction of sp³-hybridized carbons (Fsp3) is 1.00. The predicted octanol–water partition coefficient (Wildman–Crippen LogP) is 0.916. The zero-order valence-corrected chi connectivity index (χ0v) is 7.99. The Balaban J connectivity index is 2.06. The van der Waals surface area contributed by atoms with Crippen molar-refractivity contribution in [3.05, 3.63) is 0 Å². The highest BCUT2D eigenvalue weighted by molar-refractivity contribution is 6.21. The number of nitrogens with one attached hydrogen (secondary N) is 3. The second kappa shape index (κ2) is 3.52. The van der Waals surface area contributed by atoms with Crippen molar-refractivity contribution in [3.63, 3.8) is 0 Å². The molecule has 2 rings (SSSR count). The zero-order valence-electron chi connectivity index (χ0n) is 7.24. The van der Waals surface area contributed by atoms with Crippen LogP contribution in [0.1, 0.15) is 12.8 Å². The molecule has 1 saturated carbocycles. The van der Waals surface area contributed by atoms with E-state index in [9.17, 15) is 13.2 Å². The number of fused-ring (bicyclic) bond motifs is 1. The van der Waals surface area contributed by atoms with Gasteiger partial charge in [-0.1, -0.05) is 0 Å². The van der Waals surface area contributed by atoms with Crippen LogP contribution in [0.2, 0.25) is 0 Å². The van der Waals surface area contributed by atoms with E-state index in [-0.39, 0.29) is 24.9 Å². The number of alkyl halides is 4. The summed E-state index contributed by atoms with van der Waals surface area (Å²) in [4.78, 5) is 0. The highest BCUT2D eigenvalue weighted by Gasteiger charge is 2.49. The van der Waals surface area contributed by atoms with E-state index in [4.69, 9.17) is 11.6 Å². The number of halogens is 4. The van der Waals surface area contributed by atoms with Gasteiger partial charge in [-0.15, -0.1) is 11.6 Å². The summed E-state index contributed by atoms with van der Waals surface area (Å²) in [5.41, 5.74) is 8.18. The molecular weight excluding hydrogens is 219 g/mol. The van der Waals surface area contributed by atoms with Crippen molar-refractivity contribution in [1.29, 1.82) is 0 Å². The van der Waals surface area contributed by atoms with Crippen LogP contribution < -0.4 is 16.4 Å². The van der Waals surface area contributed by atoms with E-state index >= 15 is 0 Å². The van der Waals surface area contributed by atoms with Gasteiger partial charge >= 0.3 is 6.18 Å². The van der Waals surface area contributed by atoms with Gasteiger partial charge in [-0.2, -0.15) is 18.7 Å². The molecule has 3 N–H and O–H groups in total. The molecule has 1 aliphatic carbocycles. The van der Waals surface area contributed by atoms with Crippen LogP contribution in [0.25, 0.3) is 0 Å². The van der Waals surface area contributed by atoms with Gasteiger partial charge in [-0.05, 0) is 12.8 Å². The van der Waals surface area contributed by atoms with Gasteiger partial charge in [-0.25, -0.2) is 10.9 Å². The van der Waals surface area contributed by atoms with Crippen LogP contribution in [0.4, 0.5) is 13.2 Å². The van der Waals surface area contributed by atoms with E-state index in [2.05, 4.69) is 16.4 Å². The smallest absolute Gasteiger partial charge is 0.239 e. The Hall–Kier alpha value is -0.0400. The Kier molecular flexibility index (Phi) is 2.63. The van der Waals surface area contributed by atoms with E-state index in [1.807, 2.05) is 0 Å². The molecule has 7 heteroatoms. The molecule has 1 aliphatic heterocycles. The first-order chi connectivity index (χ1) is 6.48. The summed E-state index contributed by atoms with van der Waals surface area (Å²) in [6, 6.07) is -0.354. The minimum Gasteiger partial charge on any atom is -0.239 e. The molecule has 0 aromatic carbocycles. The fourth-order valence-electron chi connectivity index (χ4n) is 2.04. The molecule has 1 heterocycles. The first-order valence-corrected chi connectivity index (χ1v) is 4.89. The Morgan fingerprint density at radius 1 is 1.14 bits per heavy atom. The highest BCUT2D eigenvalue weighted by Crippen LogP contribution is 2.39. The molecule has 4 atom stereocenters. The third-order valence-corrected chi connectivity index (χ3v) is 3.28. The Bertz CT molecular complexity index is 223. The maximum Gasteiger partial charge on any atom is 0.391 e. The monoisotopic (exact) mass is 229 g/mol. The van der Waals surface area contributed by atoms with Crippen molar-refractivity contribution in [2.24, 2.45) is 5.92 Å². The molecule has 0 bridgehead atoms. The summed E-state index contributed by atoms with van der Waals surface area (Å²) in [5, 5.41) is -0.483. The normalized spacial score (nSPS) is 43.7. The third kappa shape index (κ3) is 1.84. The van der Waals surface area contributed by atoms with E-state index in [1.165, 1.54) is 0 Å². The minimum atomic E-state index is -4.14. The van der Waals surface area contributed by atoms with Crippen molar-refractivity contribution < 1.29 is 13.2 Å². The van der Waals surface area contributed by atoms with Gasteiger partial charge in [0.05, 0.1) is 17.3 Å². The summed E-state index contributed by atoms with van der Waals surface area (Å²) in [5.74, 6) is -1.29. The van der Waals surface area contributed by atoms with E-state index in [0.717, 1.165) is 0 Å². The van der Waals surface area contributed by atoms with Gasteiger partial charge in [0.15, 0.2) is 0 Å². The lowest BCUT2D eigenvalue weighted by Gasteiger charge is -2.34. The molecule has 0 amide bonds. The van der Waals surface area contributed by atoms with Gasteiger partial charge in [0.2, 0.25) is 0 Å². The number of hydrogen-bond acceptors (Lipinski definition) is 3. The average Bonchev–Trinajstić information content (AvgIpc) is 2.50. The molecule has 0 aromatic heterocycles. The molecule has 14 heavy (non-hydrogen) atoms. The largest absolute Gasteiger partial charge is 0.391 e. The van der Waals surface area contributed by atoms with Crippen molar-refractivity contribution in [1.82, 2.24) is 16.4 Å². The number of hydrogen-bond donors (Lipinski definition) is 3. The van der Waals surface area contributed by atoms with Gasteiger partial charge in [0, 0.05) is 6.04 Å². The predicted molar refractivity (Wildman–Crippen MR) is 45.4 cm³/mol. The van der Waals surface area contributed by atoms with Crippen LogP contribution in [-0.2, 0) is 0 Å². The summed E-state index contributed by atoms with van der Waals surface area (Å²) >= 11 is 5.88. The lowest BCUT2D eigenvalue weighted by molar-refractivity contribution is -0.183. The Morgan fingerprint density at radius 3 is 2.50 bits per heavy atom. The maximum absolute atomic E-state index is 12.4. The first-order valence-electron chi connectivity index (χ1n) is 4.45. The molecule has 4 unspecified atom stereocenters. The highest BCUT2D eigenvalue weighted by atomic mass is 35.5. The van der Waals surface area contributed by atoms with Crippen LogP contribution in [0.5, 0.6) is 0 Å². The standard InChI is InChI=1S/C7H11ClF3N3/c8-4-1-3(7(9,10)11)2-5-6(4)13-14-12-5/h3-6,12-14H,1-2H2. The molecule has 82 valence electrons. The summed E-state index contributed by atoms with van der Waals surface area (Å²) in [6.07, 6.45) is -4.07. The number of hydrazine groups is 2. The van der Waals surface area contributed by atoms with Crippen molar-refractivity contribution >= 4 is 11.6 Å². The second-order valence-corrected chi connectivity index (χ2v) is 4.33. The number of rotatable bonds is 0. The van der Waals surface area contributed by atoms with Gasteiger partial charge in [-0.3, -0.25) is 0 Å². The van der Waals surface area contributed by atoms with Crippen LogP contribution in [0, 0.1) is 5.92 Å². The fourth-order valence-corrected chi connectivity index (χ4v) is 2.50. The molecule has 2 aliphatic rings. The molecule has 1 saturated heterocycles. The van der Waals surface area contributed by atoms with E-state index < -0.39 is 17.5 Å². The molecular formula is C7H11ClF3N3. The lowest BCUT2D eigenvalue weighted by atomic mass is 9.82. The Morgan fingerprint density at radius 2 is 1.86 bits per heavy atom. The maximum atomic E-state index is 12.4. The summed E-state index contributed by atoms with van der Waals surface area (Å²) in [6.45, 7) is 0. The summed E-state index contributed by atoms with van der Waals surface area (Å²) < 4.78 is 37.3. The van der Waals surface area contributed by atoms with Crippen LogP contribution in [0.3, 0.4) is 0 Å². The quantitative estimate of drug-likeness (QED) is 0.541. The van der Waals surface area contributed by atoms with Gasteiger partial charge in [0.25, 0.3) is 0 Å². The van der Waals surface area contributed by atoms with Crippen molar-refractivity contribution in [2.75, 3.05) is 0 Å². The SMILES string of the molecule is FC(F)(F)C1CC(Cl)C2NNNC2C1. The molecule has 3 nitrogen and oxygen atoms in total. The third-order valence-electron chi connectivity index (χ3n) is 2.83. The summed E-state index contributed by atoms with van der Waals surface area (Å²) in [7, 11) is 0. The van der Waals surface area contributed by atoms with E-state index in [1.54, 1.807) is 0 Å². The van der Waals surface area contributed by atoms with Crippen molar-refractivity contribution in [3.8, 4) is 0 Å². The Labute approximate surface area is 84.3 Å². The first kappa shape index (κ1) is 10.5. The van der Waals surface area contributed by atoms with Crippen LogP contribution >= 0.6 is 11.6 Å². The van der Waals surface area contributed by atoms with Gasteiger partial charge < -0.3 is 0 Å². The van der Waals surface area contributed by atoms with Crippen molar-refractivity contribution in [2.45, 2.75) is 36.5 Å². The minimum absolute atomic E-state index is 0.0113. The molecule has 2 fully saturated rings. The molecule has 0 spiro atoms. The lowest BCUT2D eigenvalue weighted by Crippen LogP contribution is -2.49. The zero-order chi connectivity index (χ0) is 10.3. The van der Waals surface area contributed by atoms with E-state index in [0.29, 0.717) is 0 Å².